The molecule has 9 nitrogen and oxygen atoms in total. The van der Waals surface area contributed by atoms with Crippen LogP contribution in [0.1, 0.15) is 21.5 Å². The van der Waals surface area contributed by atoms with Crippen molar-refractivity contribution in [3.8, 4) is 5.75 Å². The highest BCUT2D eigenvalue weighted by molar-refractivity contribution is 7.92. The number of ether oxygens (including phenoxy) is 3. The van der Waals surface area contributed by atoms with Gasteiger partial charge in [0.15, 0.2) is 6.79 Å². The van der Waals surface area contributed by atoms with Gasteiger partial charge in [-0.1, -0.05) is 30.3 Å². The summed E-state index contributed by atoms with van der Waals surface area (Å²) >= 11 is 0. The number of amides is 1. The molecule has 40 heavy (non-hydrogen) atoms. The van der Waals surface area contributed by atoms with Gasteiger partial charge in [0.1, 0.15) is 12.4 Å². The summed E-state index contributed by atoms with van der Waals surface area (Å²) in [6, 6.07) is 16.1. The molecule has 3 aromatic rings. The topological polar surface area (TPSA) is 102 Å². The average Bonchev–Trinajstić information content (AvgIpc) is 2.94. The van der Waals surface area contributed by atoms with E-state index in [1.807, 2.05) is 0 Å². The van der Waals surface area contributed by atoms with Crippen molar-refractivity contribution in [2.45, 2.75) is 17.7 Å². The number of hydrogen-bond donors (Lipinski definition) is 0. The minimum absolute atomic E-state index is 0.0238. The molecule has 3 aromatic carbocycles. The van der Waals surface area contributed by atoms with E-state index in [2.05, 4.69) is 4.74 Å². The highest BCUT2D eigenvalue weighted by Crippen LogP contribution is 2.38. The fourth-order valence-electron chi connectivity index (χ4n) is 3.04. The van der Waals surface area contributed by atoms with Crippen molar-refractivity contribution >= 4 is 28.1 Å². The molecule has 1 amide bonds. The van der Waals surface area contributed by atoms with Gasteiger partial charge in [-0.15, -0.1) is 0 Å². The Morgan fingerprint density at radius 1 is 0.950 bits per heavy atom. The number of carbonyl (C=O) groups excluding carboxylic acids is 2. The van der Waals surface area contributed by atoms with Gasteiger partial charge >= 0.3 is 12.1 Å². The maximum absolute atomic E-state index is 13.3. The Balaban J connectivity index is 0.00000103. The van der Waals surface area contributed by atoms with Crippen molar-refractivity contribution in [2.24, 2.45) is 0 Å². The van der Waals surface area contributed by atoms with Gasteiger partial charge in [0, 0.05) is 28.3 Å². The first-order valence-electron chi connectivity index (χ1n) is 11.6. The number of carbonyl (C=O) groups is 2. The van der Waals surface area contributed by atoms with E-state index in [4.69, 9.17) is 9.47 Å². The van der Waals surface area contributed by atoms with Gasteiger partial charge < -0.3 is 19.1 Å². The van der Waals surface area contributed by atoms with E-state index in [9.17, 15) is 31.2 Å². The van der Waals surface area contributed by atoms with Crippen molar-refractivity contribution < 1.29 is 45.4 Å². The Bertz CT molecular complexity index is 1370. The van der Waals surface area contributed by atoms with Crippen LogP contribution in [-0.2, 0) is 37.1 Å². The van der Waals surface area contributed by atoms with E-state index < -0.39 is 27.7 Å². The number of benzene rings is 3. The SMILES string of the molecule is CN(C)C=O.COCOC(=O)c1ccc(COc2cc(C(F)(F)F)ccc2N(C)S(=O)(=O)c2ccccc2)cc1. The fourth-order valence-corrected chi connectivity index (χ4v) is 4.27. The second-order valence-corrected chi connectivity index (χ2v) is 10.3. The first-order valence-corrected chi connectivity index (χ1v) is 13.0. The molecule has 0 unspecified atom stereocenters. The summed E-state index contributed by atoms with van der Waals surface area (Å²) in [6.07, 6.45) is -3.91. The van der Waals surface area contributed by atoms with Gasteiger partial charge in [0.2, 0.25) is 6.41 Å². The zero-order chi connectivity index (χ0) is 29.9. The summed E-state index contributed by atoms with van der Waals surface area (Å²) in [5.41, 5.74) is -0.274. The molecular formula is C27H29F3N2O7S. The van der Waals surface area contributed by atoms with Gasteiger partial charge in [-0.05, 0) is 48.0 Å². The highest BCUT2D eigenvalue weighted by Gasteiger charge is 2.33. The molecule has 0 aliphatic rings. The van der Waals surface area contributed by atoms with Crippen LogP contribution in [0.4, 0.5) is 18.9 Å². The highest BCUT2D eigenvalue weighted by atomic mass is 32.2. The summed E-state index contributed by atoms with van der Waals surface area (Å²) in [6.45, 7) is -0.387. The molecule has 0 aliphatic heterocycles. The zero-order valence-electron chi connectivity index (χ0n) is 22.2. The van der Waals surface area contributed by atoms with Crippen LogP contribution in [0, 0.1) is 0 Å². The van der Waals surface area contributed by atoms with E-state index in [-0.39, 0.29) is 35.3 Å². The van der Waals surface area contributed by atoms with Gasteiger partial charge in [-0.25, -0.2) is 13.2 Å². The Labute approximate surface area is 230 Å². The van der Waals surface area contributed by atoms with E-state index in [0.717, 1.165) is 28.9 Å². The first-order chi connectivity index (χ1) is 18.8. The Morgan fingerprint density at radius 3 is 2.08 bits per heavy atom. The molecule has 0 atom stereocenters. The third-order valence-electron chi connectivity index (χ3n) is 5.13. The maximum atomic E-state index is 13.3. The molecule has 0 saturated carbocycles. The zero-order valence-corrected chi connectivity index (χ0v) is 23.0. The third kappa shape index (κ3) is 8.99. The van der Waals surface area contributed by atoms with Crippen LogP contribution < -0.4 is 9.04 Å². The molecule has 0 fully saturated rings. The molecule has 13 heteroatoms. The molecule has 0 N–H and O–H groups in total. The lowest BCUT2D eigenvalue weighted by Crippen LogP contribution is -2.27. The van der Waals surface area contributed by atoms with Gasteiger partial charge in [0.05, 0.1) is 21.7 Å². The number of alkyl halides is 3. The van der Waals surface area contributed by atoms with Crippen LogP contribution in [0.15, 0.2) is 77.7 Å². The third-order valence-corrected chi connectivity index (χ3v) is 6.92. The lowest BCUT2D eigenvalue weighted by atomic mass is 10.1. The monoisotopic (exact) mass is 582 g/mol. The molecule has 0 saturated heterocycles. The van der Waals surface area contributed by atoms with E-state index in [1.165, 1.54) is 43.3 Å². The quantitative estimate of drug-likeness (QED) is 0.196. The summed E-state index contributed by atoms with van der Waals surface area (Å²) in [5.74, 6) is -0.877. The van der Waals surface area contributed by atoms with Crippen molar-refractivity contribution in [1.82, 2.24) is 4.90 Å². The molecule has 0 aliphatic carbocycles. The summed E-state index contributed by atoms with van der Waals surface area (Å²) in [4.78, 5) is 22.7. The smallest absolute Gasteiger partial charge is 0.416 e. The van der Waals surface area contributed by atoms with Gasteiger partial charge in [-0.2, -0.15) is 13.2 Å². The molecule has 0 spiro atoms. The molecule has 0 bridgehead atoms. The van der Waals surface area contributed by atoms with Crippen LogP contribution in [0.2, 0.25) is 0 Å². The van der Waals surface area contributed by atoms with Crippen molar-refractivity contribution in [2.75, 3.05) is 39.4 Å². The van der Waals surface area contributed by atoms with Crippen LogP contribution >= 0.6 is 0 Å². The standard InChI is InChI=1S/C24H22F3NO6S.C3H7NO/c1-28(35(30,31)20-6-4-3-5-7-20)21-13-12-19(24(25,26)27)14-22(21)33-15-17-8-10-18(11-9-17)23(29)34-16-32-2;1-4(2)3-5/h3-14H,15-16H2,1-2H3;3H,1-2H3. The van der Waals surface area contributed by atoms with Crippen molar-refractivity contribution in [1.29, 1.82) is 0 Å². The van der Waals surface area contributed by atoms with Crippen molar-refractivity contribution in [3.05, 3.63) is 89.5 Å². The van der Waals surface area contributed by atoms with Gasteiger partial charge in [0.25, 0.3) is 10.0 Å². The minimum atomic E-state index is -4.66. The number of hydrogen-bond acceptors (Lipinski definition) is 7. The molecule has 216 valence electrons. The number of sulfonamides is 1. The Hall–Kier alpha value is -4.10. The van der Waals surface area contributed by atoms with Crippen LogP contribution in [0.25, 0.3) is 0 Å². The first kappa shape index (κ1) is 32.1. The molecular weight excluding hydrogens is 553 g/mol. The normalized spacial score (nSPS) is 11.1. The fraction of sp³-hybridized carbons (Fsp3) is 0.259. The van der Waals surface area contributed by atoms with Crippen LogP contribution in [0.5, 0.6) is 5.75 Å². The second kappa shape index (κ2) is 14.3. The predicted octanol–water partition coefficient (Wildman–Crippen LogP) is 4.57. The number of rotatable bonds is 10. The lowest BCUT2D eigenvalue weighted by molar-refractivity contribution is -0.137. The van der Waals surface area contributed by atoms with E-state index >= 15 is 0 Å². The summed E-state index contributed by atoms with van der Waals surface area (Å²) in [5, 5.41) is 0. The molecule has 0 heterocycles. The van der Waals surface area contributed by atoms with E-state index in [0.29, 0.717) is 5.56 Å². The largest absolute Gasteiger partial charge is 0.487 e. The maximum Gasteiger partial charge on any atom is 0.416 e. The number of methoxy groups -OCH3 is 1. The summed E-state index contributed by atoms with van der Waals surface area (Å²) < 4.78 is 82.0. The average molecular weight is 583 g/mol. The Morgan fingerprint density at radius 2 is 1.55 bits per heavy atom. The number of esters is 1. The molecule has 0 aromatic heterocycles. The van der Waals surface area contributed by atoms with Gasteiger partial charge in [-0.3, -0.25) is 9.10 Å². The summed E-state index contributed by atoms with van der Waals surface area (Å²) in [7, 11) is 1.92. The van der Waals surface area contributed by atoms with Crippen LogP contribution in [-0.4, -0.2) is 60.7 Å². The second-order valence-electron chi connectivity index (χ2n) is 8.36. The predicted molar refractivity (Wildman–Crippen MR) is 141 cm³/mol. The van der Waals surface area contributed by atoms with E-state index in [1.54, 1.807) is 44.4 Å². The number of nitrogens with zero attached hydrogens (tertiary/aromatic N) is 2. The number of halogens is 3. The number of anilines is 1. The lowest BCUT2D eigenvalue weighted by Gasteiger charge is -2.23. The van der Waals surface area contributed by atoms with Crippen molar-refractivity contribution in [3.63, 3.8) is 0 Å². The minimum Gasteiger partial charge on any atom is -0.487 e. The molecule has 3 rings (SSSR count). The van der Waals surface area contributed by atoms with Crippen LogP contribution in [0.3, 0.4) is 0 Å². The molecule has 0 radical (unpaired) electrons. The Kier molecular flexibility index (Phi) is 11.5.